The molecule has 1 aromatic heterocycles. The predicted molar refractivity (Wildman–Crippen MR) is 120 cm³/mol. The van der Waals surface area contributed by atoms with Crippen LogP contribution in [0.4, 0.5) is 5.13 Å². The number of ether oxygens (including phenoxy) is 1. The molecule has 15 nitrogen and oxygen atoms in total. The van der Waals surface area contributed by atoms with Gasteiger partial charge in [0.25, 0.3) is 11.8 Å². The molecule has 2 aliphatic heterocycles. The van der Waals surface area contributed by atoms with Gasteiger partial charge in [0.2, 0.25) is 17.1 Å². The van der Waals surface area contributed by atoms with Gasteiger partial charge in [-0.3, -0.25) is 19.3 Å². The number of nitrogens with two attached hydrogens (primary N) is 1. The van der Waals surface area contributed by atoms with Crippen molar-refractivity contribution >= 4 is 63.9 Å². The van der Waals surface area contributed by atoms with Crippen molar-refractivity contribution in [3.63, 3.8) is 0 Å². The third kappa shape index (κ3) is 5.35. The van der Waals surface area contributed by atoms with Crippen LogP contribution in [0.15, 0.2) is 16.4 Å². The first kappa shape index (κ1) is 25.9. The number of nitrogen functional groups attached to an aromatic ring is 1. The lowest BCUT2D eigenvalue weighted by atomic mass is 10.0. The first-order valence-corrected chi connectivity index (χ1v) is 11.6. The first-order chi connectivity index (χ1) is 16.3. The molecule has 2 atom stereocenters. The summed E-state index contributed by atoms with van der Waals surface area (Å²) in [6, 6.07) is -1.13. The van der Waals surface area contributed by atoms with Gasteiger partial charge in [0.1, 0.15) is 23.7 Å². The summed E-state index contributed by atoms with van der Waals surface area (Å²) >= 11 is 1.92. The average molecular weight is 529 g/mol. The number of aromatic nitrogens is 2. The number of thioether (sulfide) groups is 1. The SMILES string of the molecule is CC(=O)OCC1=C(C(=O)O)N2C(=O)C(NC(=O)/C(=N\OC(C)(C)C(=O)O)c3nsc(N)n3)C2SC1. The van der Waals surface area contributed by atoms with Gasteiger partial charge in [-0.2, -0.15) is 9.36 Å². The summed E-state index contributed by atoms with van der Waals surface area (Å²) in [4.78, 5) is 69.8. The number of carboxylic acid groups (broad SMARTS) is 2. The number of aliphatic carboxylic acids is 2. The number of hydrogen-bond acceptors (Lipinski definition) is 13. The maximum Gasteiger partial charge on any atom is 0.352 e. The van der Waals surface area contributed by atoms with Gasteiger partial charge in [-0.25, -0.2) is 9.59 Å². The van der Waals surface area contributed by atoms with Crippen molar-refractivity contribution in [2.45, 2.75) is 37.8 Å². The van der Waals surface area contributed by atoms with E-state index in [1.165, 1.54) is 20.8 Å². The number of nitrogens with one attached hydrogen (secondary N) is 1. The number of rotatable bonds is 9. The largest absolute Gasteiger partial charge is 0.478 e. The minimum atomic E-state index is -1.80. The smallest absolute Gasteiger partial charge is 0.352 e. The minimum absolute atomic E-state index is 0.00303. The summed E-state index contributed by atoms with van der Waals surface area (Å²) in [6.07, 6.45) is 0. The Morgan fingerprint density at radius 3 is 2.54 bits per heavy atom. The van der Waals surface area contributed by atoms with Crippen LogP contribution in [-0.2, 0) is 33.5 Å². The Labute approximate surface area is 205 Å². The van der Waals surface area contributed by atoms with E-state index in [4.69, 9.17) is 15.3 Å². The number of amides is 2. The number of carboxylic acids is 2. The normalized spacial score (nSPS) is 20.0. The zero-order valence-electron chi connectivity index (χ0n) is 18.5. The van der Waals surface area contributed by atoms with E-state index in [1.807, 2.05) is 0 Å². The zero-order chi connectivity index (χ0) is 26.1. The molecule has 0 aromatic carbocycles. The van der Waals surface area contributed by atoms with Crippen LogP contribution in [0, 0.1) is 0 Å². The number of oxime groups is 1. The Kier molecular flexibility index (Phi) is 7.30. The lowest BCUT2D eigenvalue weighted by Gasteiger charge is -2.49. The lowest BCUT2D eigenvalue weighted by Crippen LogP contribution is -2.71. The number of esters is 1. The summed E-state index contributed by atoms with van der Waals surface area (Å²) < 4.78 is 8.75. The van der Waals surface area contributed by atoms with Crippen molar-refractivity contribution < 1.29 is 43.8 Å². The van der Waals surface area contributed by atoms with Crippen molar-refractivity contribution in [3.05, 3.63) is 17.1 Å². The van der Waals surface area contributed by atoms with E-state index in [-0.39, 0.29) is 34.6 Å². The van der Waals surface area contributed by atoms with E-state index in [0.29, 0.717) is 0 Å². The molecule has 0 aliphatic carbocycles. The second-order valence-corrected chi connectivity index (χ2v) is 9.59. The molecule has 2 unspecified atom stereocenters. The molecule has 188 valence electrons. The fourth-order valence-corrected chi connectivity index (χ4v) is 4.67. The number of anilines is 1. The van der Waals surface area contributed by atoms with Crippen LogP contribution in [0.25, 0.3) is 0 Å². The van der Waals surface area contributed by atoms with Crippen LogP contribution < -0.4 is 11.1 Å². The molecule has 5 N–H and O–H groups in total. The maximum atomic E-state index is 13.0. The Bertz CT molecular complexity index is 1160. The maximum absolute atomic E-state index is 13.0. The monoisotopic (exact) mass is 528 g/mol. The van der Waals surface area contributed by atoms with Gasteiger partial charge in [-0.15, -0.1) is 11.8 Å². The van der Waals surface area contributed by atoms with Gasteiger partial charge in [-0.05, 0) is 13.8 Å². The summed E-state index contributed by atoms with van der Waals surface area (Å²) in [5, 5.41) is 24.1. The van der Waals surface area contributed by atoms with E-state index < -0.39 is 52.5 Å². The molecule has 0 saturated carbocycles. The molecule has 1 saturated heterocycles. The molecule has 0 radical (unpaired) electrons. The van der Waals surface area contributed by atoms with Crippen LogP contribution >= 0.6 is 23.3 Å². The van der Waals surface area contributed by atoms with Gasteiger partial charge in [0.05, 0.1) is 0 Å². The second-order valence-electron chi connectivity index (χ2n) is 7.70. The van der Waals surface area contributed by atoms with Crippen LogP contribution in [0.2, 0.25) is 0 Å². The topological polar surface area (TPSA) is 224 Å². The minimum Gasteiger partial charge on any atom is -0.478 e. The standard InChI is InChI=1S/C18H20N6O9S2/c1-6(25)32-4-7-5-34-14-9(13(27)24(14)10(7)15(28)29)20-12(26)8(11-21-17(19)35-23-11)22-33-18(2,3)16(30)31/h9,14H,4-5H2,1-3H3,(H,20,26)(H,28,29)(H,30,31)(H2,19,21,23)/b22-8-. The molecular formula is C18H20N6O9S2. The molecule has 2 aliphatic rings. The van der Waals surface area contributed by atoms with Crippen molar-refractivity contribution in [2.75, 3.05) is 18.1 Å². The Balaban J connectivity index is 1.82. The number of β-lactam (4-membered cyclic amide) rings is 1. The highest BCUT2D eigenvalue weighted by atomic mass is 32.2. The van der Waals surface area contributed by atoms with Crippen LogP contribution in [-0.4, -0.2) is 89.3 Å². The van der Waals surface area contributed by atoms with Crippen molar-refractivity contribution in [3.8, 4) is 0 Å². The van der Waals surface area contributed by atoms with Crippen LogP contribution in [0.5, 0.6) is 0 Å². The first-order valence-electron chi connectivity index (χ1n) is 9.76. The van der Waals surface area contributed by atoms with Crippen LogP contribution in [0.3, 0.4) is 0 Å². The Hall–Kier alpha value is -3.73. The van der Waals surface area contributed by atoms with Gasteiger partial charge >= 0.3 is 17.9 Å². The number of nitrogens with zero attached hydrogens (tertiary/aromatic N) is 4. The quantitative estimate of drug-likeness (QED) is 0.131. The predicted octanol–water partition coefficient (Wildman–Crippen LogP) is -0.994. The second kappa shape index (κ2) is 9.87. The van der Waals surface area contributed by atoms with E-state index in [0.717, 1.165) is 28.2 Å². The highest BCUT2D eigenvalue weighted by Gasteiger charge is 2.54. The van der Waals surface area contributed by atoms with Gasteiger partial charge in [0.15, 0.2) is 5.13 Å². The fourth-order valence-electron chi connectivity index (χ4n) is 2.91. The third-order valence-corrected chi connectivity index (χ3v) is 6.62. The molecule has 17 heteroatoms. The van der Waals surface area contributed by atoms with Crippen LogP contribution in [0.1, 0.15) is 26.6 Å². The molecular weight excluding hydrogens is 508 g/mol. The third-order valence-electron chi connectivity index (χ3n) is 4.73. The van der Waals surface area contributed by atoms with Gasteiger partial charge < -0.3 is 30.8 Å². The summed E-state index contributed by atoms with van der Waals surface area (Å²) in [6.45, 7) is 3.29. The molecule has 1 fully saturated rings. The number of hydrogen-bond donors (Lipinski definition) is 4. The van der Waals surface area contributed by atoms with E-state index >= 15 is 0 Å². The van der Waals surface area contributed by atoms with Gasteiger partial charge in [-0.1, -0.05) is 5.16 Å². The molecule has 2 amide bonds. The number of carbonyl (C=O) groups is 5. The summed E-state index contributed by atoms with van der Waals surface area (Å²) in [7, 11) is 0. The highest BCUT2D eigenvalue weighted by Crippen LogP contribution is 2.40. The van der Waals surface area contributed by atoms with E-state index in [2.05, 4.69) is 19.8 Å². The zero-order valence-corrected chi connectivity index (χ0v) is 20.1. The van der Waals surface area contributed by atoms with E-state index in [1.54, 1.807) is 0 Å². The fraction of sp³-hybridized carbons (Fsp3) is 0.444. The number of fused-ring (bicyclic) bond motifs is 1. The van der Waals surface area contributed by atoms with Gasteiger partial charge in [0, 0.05) is 29.8 Å². The molecule has 3 heterocycles. The Morgan fingerprint density at radius 1 is 1.31 bits per heavy atom. The summed E-state index contributed by atoms with van der Waals surface area (Å²) in [5.41, 5.74) is 3.16. The van der Waals surface area contributed by atoms with E-state index in [9.17, 15) is 34.2 Å². The molecule has 3 rings (SSSR count). The van der Waals surface area contributed by atoms with Crippen molar-refractivity contribution in [1.82, 2.24) is 19.6 Å². The Morgan fingerprint density at radius 2 is 2.00 bits per heavy atom. The molecule has 35 heavy (non-hydrogen) atoms. The van der Waals surface area contributed by atoms with Crippen molar-refractivity contribution in [2.24, 2.45) is 5.16 Å². The molecule has 0 bridgehead atoms. The molecule has 1 aromatic rings. The average Bonchev–Trinajstić information content (AvgIpc) is 3.20. The lowest BCUT2D eigenvalue weighted by molar-refractivity contribution is -0.161. The number of carbonyl (C=O) groups excluding carboxylic acids is 3. The molecule has 0 spiro atoms. The van der Waals surface area contributed by atoms with Crippen molar-refractivity contribution in [1.29, 1.82) is 0 Å². The highest BCUT2D eigenvalue weighted by molar-refractivity contribution is 8.00. The summed E-state index contributed by atoms with van der Waals surface area (Å²) in [5.74, 6) is -5.14.